The average Bonchev–Trinajstić information content (AvgIpc) is 3.15. The molecule has 1 aliphatic heterocycles. The van der Waals surface area contributed by atoms with Crippen molar-refractivity contribution in [2.75, 3.05) is 23.3 Å². The molecule has 1 N–H and O–H groups in total. The van der Waals surface area contributed by atoms with Gasteiger partial charge in [0, 0.05) is 34.2 Å². The van der Waals surface area contributed by atoms with E-state index in [1.54, 1.807) is 18.5 Å². The number of anilines is 2. The second-order valence-corrected chi connectivity index (χ2v) is 7.00. The van der Waals surface area contributed by atoms with Gasteiger partial charge in [0.25, 0.3) is 5.91 Å². The molecule has 0 atom stereocenters. The number of halogens is 1. The largest absolute Gasteiger partial charge is 0.356 e. The van der Waals surface area contributed by atoms with Crippen LogP contribution in [0.25, 0.3) is 10.9 Å². The summed E-state index contributed by atoms with van der Waals surface area (Å²) in [5, 5.41) is 3.93. The molecular formula is C19H17BrN4O. The molecule has 0 bridgehead atoms. The van der Waals surface area contributed by atoms with Crippen molar-refractivity contribution in [2.45, 2.75) is 12.8 Å². The van der Waals surface area contributed by atoms with E-state index in [1.807, 2.05) is 30.3 Å². The maximum Gasteiger partial charge on any atom is 0.255 e. The van der Waals surface area contributed by atoms with Crippen molar-refractivity contribution >= 4 is 44.2 Å². The molecule has 2 heterocycles. The molecule has 0 aliphatic carbocycles. The van der Waals surface area contributed by atoms with Crippen LogP contribution in [0, 0.1) is 0 Å². The van der Waals surface area contributed by atoms with Crippen LogP contribution in [0.1, 0.15) is 23.2 Å². The first kappa shape index (κ1) is 16.0. The van der Waals surface area contributed by atoms with Gasteiger partial charge in [-0.05, 0) is 49.2 Å². The molecule has 0 spiro atoms. The summed E-state index contributed by atoms with van der Waals surface area (Å²) in [5.41, 5.74) is 2.24. The number of hydrogen-bond donors (Lipinski definition) is 1. The van der Waals surface area contributed by atoms with Gasteiger partial charge in [-0.3, -0.25) is 4.79 Å². The fraction of sp³-hybridized carbons (Fsp3) is 0.211. The predicted octanol–water partition coefficient (Wildman–Crippen LogP) is 4.24. The Morgan fingerprint density at radius 3 is 2.72 bits per heavy atom. The molecular weight excluding hydrogens is 380 g/mol. The topological polar surface area (TPSA) is 58.1 Å². The molecule has 1 saturated heterocycles. The zero-order valence-corrected chi connectivity index (χ0v) is 15.2. The third-order valence-electron chi connectivity index (χ3n) is 4.36. The fourth-order valence-electron chi connectivity index (χ4n) is 3.13. The number of fused-ring (bicyclic) bond motifs is 1. The highest BCUT2D eigenvalue weighted by molar-refractivity contribution is 9.10. The molecule has 126 valence electrons. The molecule has 3 aromatic rings. The molecule has 1 fully saturated rings. The van der Waals surface area contributed by atoms with Gasteiger partial charge in [0.15, 0.2) is 0 Å². The molecule has 5 nitrogen and oxygen atoms in total. The first-order valence-electron chi connectivity index (χ1n) is 8.27. The second-order valence-electron chi connectivity index (χ2n) is 6.09. The quantitative estimate of drug-likeness (QED) is 0.718. The van der Waals surface area contributed by atoms with Gasteiger partial charge in [0.1, 0.15) is 12.1 Å². The van der Waals surface area contributed by atoms with Crippen molar-refractivity contribution in [3.63, 3.8) is 0 Å². The van der Waals surface area contributed by atoms with Gasteiger partial charge >= 0.3 is 0 Å². The number of carbonyl (C=O) groups excluding carboxylic acids is 1. The van der Waals surface area contributed by atoms with Gasteiger partial charge < -0.3 is 10.2 Å². The maximum absolute atomic E-state index is 12.5. The third kappa shape index (κ3) is 3.35. The summed E-state index contributed by atoms with van der Waals surface area (Å²) in [7, 11) is 0. The minimum atomic E-state index is -0.139. The van der Waals surface area contributed by atoms with E-state index < -0.39 is 0 Å². The van der Waals surface area contributed by atoms with E-state index in [9.17, 15) is 4.79 Å². The molecule has 0 unspecified atom stereocenters. The van der Waals surface area contributed by atoms with Gasteiger partial charge in [-0.2, -0.15) is 0 Å². The van der Waals surface area contributed by atoms with Crippen molar-refractivity contribution in [3.05, 3.63) is 58.8 Å². The van der Waals surface area contributed by atoms with Crippen molar-refractivity contribution in [1.82, 2.24) is 9.97 Å². The van der Waals surface area contributed by atoms with Crippen LogP contribution in [0.5, 0.6) is 0 Å². The van der Waals surface area contributed by atoms with E-state index in [-0.39, 0.29) is 5.91 Å². The Bertz CT molecular complexity index is 938. The minimum Gasteiger partial charge on any atom is -0.356 e. The van der Waals surface area contributed by atoms with Crippen molar-refractivity contribution in [3.8, 4) is 0 Å². The van der Waals surface area contributed by atoms with Gasteiger partial charge in [0.2, 0.25) is 0 Å². The molecule has 0 saturated carbocycles. The standard InChI is InChI=1S/C19H17BrN4O/c20-14-5-3-4-13(10-14)19(25)23-15-6-7-17-16(11-15)18(22-12-21-17)24-8-1-2-9-24/h3-7,10-12H,1-2,8-9H2,(H,23,25). The molecule has 2 aromatic carbocycles. The lowest BCUT2D eigenvalue weighted by Gasteiger charge is -2.18. The highest BCUT2D eigenvalue weighted by atomic mass is 79.9. The van der Waals surface area contributed by atoms with Crippen LogP contribution in [-0.4, -0.2) is 29.0 Å². The van der Waals surface area contributed by atoms with Crippen LogP contribution in [0.2, 0.25) is 0 Å². The number of rotatable bonds is 3. The second kappa shape index (κ2) is 6.80. The molecule has 1 aromatic heterocycles. The van der Waals surface area contributed by atoms with Gasteiger partial charge in [0.05, 0.1) is 5.52 Å². The Morgan fingerprint density at radius 2 is 1.92 bits per heavy atom. The first-order chi connectivity index (χ1) is 12.2. The summed E-state index contributed by atoms with van der Waals surface area (Å²) in [6.45, 7) is 2.03. The summed E-state index contributed by atoms with van der Waals surface area (Å²) in [6, 6.07) is 13.1. The predicted molar refractivity (Wildman–Crippen MR) is 103 cm³/mol. The van der Waals surface area contributed by atoms with Gasteiger partial charge in [-0.15, -0.1) is 0 Å². The number of nitrogens with zero attached hydrogens (tertiary/aromatic N) is 3. The van der Waals surface area contributed by atoms with E-state index >= 15 is 0 Å². The lowest BCUT2D eigenvalue weighted by Crippen LogP contribution is -2.19. The van der Waals surface area contributed by atoms with Crippen LogP contribution in [0.3, 0.4) is 0 Å². The molecule has 0 radical (unpaired) electrons. The summed E-state index contributed by atoms with van der Waals surface area (Å²) in [5.74, 6) is 0.807. The normalized spacial score (nSPS) is 14.0. The van der Waals surface area contributed by atoms with Crippen LogP contribution in [0.15, 0.2) is 53.3 Å². The zero-order valence-electron chi connectivity index (χ0n) is 13.6. The van der Waals surface area contributed by atoms with E-state index in [0.717, 1.165) is 40.0 Å². The Morgan fingerprint density at radius 1 is 1.08 bits per heavy atom. The summed E-state index contributed by atoms with van der Waals surface area (Å²) >= 11 is 3.39. The molecule has 6 heteroatoms. The van der Waals surface area contributed by atoms with Gasteiger partial charge in [-0.1, -0.05) is 22.0 Å². The summed E-state index contributed by atoms with van der Waals surface area (Å²) in [6.07, 6.45) is 3.98. The van der Waals surface area contributed by atoms with Crippen molar-refractivity contribution < 1.29 is 4.79 Å². The first-order valence-corrected chi connectivity index (χ1v) is 9.07. The molecule has 4 rings (SSSR count). The maximum atomic E-state index is 12.5. The molecule has 1 aliphatic rings. The van der Waals surface area contributed by atoms with Crippen LogP contribution in [-0.2, 0) is 0 Å². The van der Waals surface area contributed by atoms with E-state index in [2.05, 4.69) is 36.1 Å². The third-order valence-corrected chi connectivity index (χ3v) is 4.86. The number of benzene rings is 2. The van der Waals surface area contributed by atoms with E-state index in [0.29, 0.717) is 5.56 Å². The Hall–Kier alpha value is -2.47. The zero-order chi connectivity index (χ0) is 17.2. The lowest BCUT2D eigenvalue weighted by atomic mass is 10.1. The Kier molecular flexibility index (Phi) is 4.36. The van der Waals surface area contributed by atoms with Gasteiger partial charge in [-0.25, -0.2) is 9.97 Å². The fourth-order valence-corrected chi connectivity index (χ4v) is 3.53. The summed E-state index contributed by atoms with van der Waals surface area (Å²) in [4.78, 5) is 23.6. The lowest BCUT2D eigenvalue weighted by molar-refractivity contribution is 0.102. The highest BCUT2D eigenvalue weighted by Crippen LogP contribution is 2.28. The smallest absolute Gasteiger partial charge is 0.255 e. The van der Waals surface area contributed by atoms with E-state index in [4.69, 9.17) is 0 Å². The summed E-state index contributed by atoms with van der Waals surface area (Å²) < 4.78 is 0.878. The number of carbonyl (C=O) groups is 1. The Balaban J connectivity index is 1.66. The number of amides is 1. The highest BCUT2D eigenvalue weighted by Gasteiger charge is 2.17. The number of nitrogens with one attached hydrogen (secondary N) is 1. The van der Waals surface area contributed by atoms with Crippen LogP contribution < -0.4 is 10.2 Å². The number of hydrogen-bond acceptors (Lipinski definition) is 4. The molecule has 1 amide bonds. The minimum absolute atomic E-state index is 0.139. The molecule has 25 heavy (non-hydrogen) atoms. The van der Waals surface area contributed by atoms with Crippen LogP contribution >= 0.6 is 15.9 Å². The van der Waals surface area contributed by atoms with Crippen LogP contribution in [0.4, 0.5) is 11.5 Å². The number of aromatic nitrogens is 2. The van der Waals surface area contributed by atoms with Crippen molar-refractivity contribution in [1.29, 1.82) is 0 Å². The van der Waals surface area contributed by atoms with E-state index in [1.165, 1.54) is 12.8 Å². The monoisotopic (exact) mass is 396 g/mol. The average molecular weight is 397 g/mol. The Labute approximate surface area is 154 Å². The SMILES string of the molecule is O=C(Nc1ccc2ncnc(N3CCCC3)c2c1)c1cccc(Br)c1. The van der Waals surface area contributed by atoms with Crippen molar-refractivity contribution in [2.24, 2.45) is 0 Å².